The number of amides is 2. The van der Waals surface area contributed by atoms with Crippen LogP contribution in [-0.4, -0.2) is 53.1 Å². The van der Waals surface area contributed by atoms with E-state index in [9.17, 15) is 9.18 Å². The van der Waals surface area contributed by atoms with Crippen LogP contribution in [0.3, 0.4) is 0 Å². The molecule has 4 rings (SSSR count). The fraction of sp³-hybridized carbons (Fsp3) is 0.522. The first-order valence-corrected chi connectivity index (χ1v) is 10.8. The molecule has 7 heteroatoms. The number of aromatic nitrogens is 2. The van der Waals surface area contributed by atoms with Gasteiger partial charge in [0.05, 0.1) is 0 Å². The molecule has 6 nitrogen and oxygen atoms in total. The van der Waals surface area contributed by atoms with E-state index in [1.54, 1.807) is 6.07 Å². The van der Waals surface area contributed by atoms with Crippen molar-refractivity contribution in [1.82, 2.24) is 20.2 Å². The topological polar surface area (TPSA) is 61.4 Å². The lowest BCUT2D eigenvalue weighted by Crippen LogP contribution is -2.53. The zero-order valence-electron chi connectivity index (χ0n) is 18.0. The summed E-state index contributed by atoms with van der Waals surface area (Å²) in [6, 6.07) is 6.99. The van der Waals surface area contributed by atoms with Gasteiger partial charge in [0.15, 0.2) is 0 Å². The highest BCUT2D eigenvalue weighted by Crippen LogP contribution is 2.39. The fourth-order valence-corrected chi connectivity index (χ4v) is 3.89. The van der Waals surface area contributed by atoms with E-state index in [2.05, 4.69) is 10.2 Å². The fourth-order valence-electron chi connectivity index (χ4n) is 3.89. The molecule has 2 fully saturated rings. The smallest absolute Gasteiger partial charge is 0.317 e. The maximum absolute atomic E-state index is 14.3. The first-order valence-electron chi connectivity index (χ1n) is 10.8. The lowest BCUT2D eigenvalue weighted by atomic mass is 10.0. The molecule has 0 unspecified atom stereocenters. The highest BCUT2D eigenvalue weighted by Gasteiger charge is 2.30. The van der Waals surface area contributed by atoms with Crippen molar-refractivity contribution >= 4 is 11.8 Å². The van der Waals surface area contributed by atoms with Crippen LogP contribution >= 0.6 is 0 Å². The molecule has 0 radical (unpaired) electrons. The summed E-state index contributed by atoms with van der Waals surface area (Å²) >= 11 is 0. The Morgan fingerprint density at radius 3 is 2.50 bits per heavy atom. The normalized spacial score (nSPS) is 16.8. The SMILES string of the molecule is Cc1nc(C2CC2)nc(N2CCN(C(=O)NC(C)C)CC2)c1Cc1ccccc1F. The molecule has 2 amide bonds. The van der Waals surface area contributed by atoms with Crippen LogP contribution in [0.1, 0.15) is 55.3 Å². The zero-order chi connectivity index (χ0) is 21.3. The van der Waals surface area contributed by atoms with E-state index in [1.165, 1.54) is 6.07 Å². The van der Waals surface area contributed by atoms with Crippen molar-refractivity contribution in [2.45, 2.75) is 52.0 Å². The van der Waals surface area contributed by atoms with E-state index < -0.39 is 0 Å². The van der Waals surface area contributed by atoms with Crippen molar-refractivity contribution in [1.29, 1.82) is 0 Å². The predicted molar refractivity (Wildman–Crippen MR) is 115 cm³/mol. The second-order valence-electron chi connectivity index (χ2n) is 8.59. The van der Waals surface area contributed by atoms with Crippen molar-refractivity contribution in [2.75, 3.05) is 31.1 Å². The number of urea groups is 1. The minimum Gasteiger partial charge on any atom is -0.353 e. The van der Waals surface area contributed by atoms with Crippen LogP contribution < -0.4 is 10.2 Å². The number of aryl methyl sites for hydroxylation is 1. The first kappa shape index (κ1) is 20.6. The zero-order valence-corrected chi connectivity index (χ0v) is 18.0. The summed E-state index contributed by atoms with van der Waals surface area (Å²) in [5.41, 5.74) is 2.55. The van der Waals surface area contributed by atoms with Crippen molar-refractivity contribution in [3.8, 4) is 0 Å². The van der Waals surface area contributed by atoms with Crippen molar-refractivity contribution in [2.24, 2.45) is 0 Å². The summed E-state index contributed by atoms with van der Waals surface area (Å²) in [6.07, 6.45) is 2.73. The summed E-state index contributed by atoms with van der Waals surface area (Å²) in [7, 11) is 0. The summed E-state index contributed by atoms with van der Waals surface area (Å²) < 4.78 is 14.3. The molecular formula is C23H30FN5O. The summed E-state index contributed by atoms with van der Waals surface area (Å²) in [6.45, 7) is 8.61. The van der Waals surface area contributed by atoms with Crippen LogP contribution in [0.2, 0.25) is 0 Å². The third kappa shape index (κ3) is 4.55. The third-order valence-corrected chi connectivity index (χ3v) is 5.76. The molecule has 1 aromatic heterocycles. The Hall–Kier alpha value is -2.70. The number of halogens is 1. The van der Waals surface area contributed by atoms with Gasteiger partial charge >= 0.3 is 6.03 Å². The Morgan fingerprint density at radius 2 is 1.87 bits per heavy atom. The van der Waals surface area contributed by atoms with Crippen molar-refractivity contribution in [3.05, 3.63) is 52.7 Å². The molecule has 0 spiro atoms. The summed E-state index contributed by atoms with van der Waals surface area (Å²) in [5, 5.41) is 2.96. The van der Waals surface area contributed by atoms with Crippen LogP contribution in [-0.2, 0) is 6.42 Å². The van der Waals surface area contributed by atoms with Gasteiger partial charge in [0, 0.05) is 55.8 Å². The Balaban J connectivity index is 1.58. The summed E-state index contributed by atoms with van der Waals surface area (Å²) in [5.74, 6) is 2.05. The van der Waals surface area contributed by atoms with Gasteiger partial charge in [-0.25, -0.2) is 19.2 Å². The molecule has 160 valence electrons. The molecule has 1 aromatic carbocycles. The average molecular weight is 412 g/mol. The second-order valence-corrected chi connectivity index (χ2v) is 8.59. The maximum Gasteiger partial charge on any atom is 0.317 e. The Kier molecular flexibility index (Phi) is 5.88. The standard InChI is InChI=1S/C23H30FN5O/c1-15(2)25-23(30)29-12-10-28(11-13-29)22-19(14-18-6-4-5-7-20(18)24)16(3)26-21(27-22)17-8-9-17/h4-7,15,17H,8-14H2,1-3H3,(H,25,30). The number of hydrogen-bond donors (Lipinski definition) is 1. The number of nitrogens with one attached hydrogen (secondary N) is 1. The lowest BCUT2D eigenvalue weighted by Gasteiger charge is -2.37. The number of hydrogen-bond acceptors (Lipinski definition) is 4. The molecule has 1 aliphatic heterocycles. The van der Waals surface area contributed by atoms with Crippen molar-refractivity contribution in [3.63, 3.8) is 0 Å². The molecular weight excluding hydrogens is 381 g/mol. The van der Waals surface area contributed by atoms with Gasteiger partial charge in [0.2, 0.25) is 0 Å². The van der Waals surface area contributed by atoms with Gasteiger partial charge in [-0.2, -0.15) is 0 Å². The highest BCUT2D eigenvalue weighted by atomic mass is 19.1. The Bertz CT molecular complexity index is 920. The molecule has 2 aromatic rings. The largest absolute Gasteiger partial charge is 0.353 e. The van der Waals surface area contributed by atoms with Crippen LogP contribution in [0.5, 0.6) is 0 Å². The second kappa shape index (κ2) is 8.58. The van der Waals surface area contributed by atoms with Gasteiger partial charge in [-0.05, 0) is 45.2 Å². The van der Waals surface area contributed by atoms with E-state index >= 15 is 0 Å². The van der Waals surface area contributed by atoms with Gasteiger partial charge in [-0.15, -0.1) is 0 Å². The van der Waals surface area contributed by atoms with Gasteiger partial charge in [0.25, 0.3) is 0 Å². The van der Waals surface area contributed by atoms with Gasteiger partial charge in [0.1, 0.15) is 17.5 Å². The average Bonchev–Trinajstić information content (AvgIpc) is 3.56. The number of carbonyl (C=O) groups excluding carboxylic acids is 1. The molecule has 2 heterocycles. The minimum atomic E-state index is -0.204. The number of piperazine rings is 1. The molecule has 2 aliphatic rings. The van der Waals surface area contributed by atoms with E-state index in [-0.39, 0.29) is 17.9 Å². The first-order chi connectivity index (χ1) is 14.4. The number of rotatable bonds is 5. The van der Waals surface area contributed by atoms with Gasteiger partial charge < -0.3 is 15.1 Å². The minimum absolute atomic E-state index is 0.0197. The van der Waals surface area contributed by atoms with Crippen LogP contribution in [0.25, 0.3) is 0 Å². The molecule has 1 aliphatic carbocycles. The molecule has 0 bridgehead atoms. The van der Waals surface area contributed by atoms with E-state index in [0.717, 1.165) is 35.7 Å². The van der Waals surface area contributed by atoms with Crippen LogP contribution in [0.15, 0.2) is 24.3 Å². The number of carbonyl (C=O) groups is 1. The van der Waals surface area contributed by atoms with E-state index in [1.807, 2.05) is 37.8 Å². The predicted octanol–water partition coefficient (Wildman–Crippen LogP) is 3.63. The third-order valence-electron chi connectivity index (χ3n) is 5.76. The molecule has 0 atom stereocenters. The van der Waals surface area contributed by atoms with E-state index in [0.29, 0.717) is 44.1 Å². The monoisotopic (exact) mass is 411 g/mol. The van der Waals surface area contributed by atoms with Crippen LogP contribution in [0.4, 0.5) is 15.0 Å². The summed E-state index contributed by atoms with van der Waals surface area (Å²) in [4.78, 5) is 26.1. The van der Waals surface area contributed by atoms with E-state index in [4.69, 9.17) is 9.97 Å². The quantitative estimate of drug-likeness (QED) is 0.816. The van der Waals surface area contributed by atoms with Crippen molar-refractivity contribution < 1.29 is 9.18 Å². The Labute approximate surface area is 177 Å². The molecule has 1 saturated carbocycles. The maximum atomic E-state index is 14.3. The number of anilines is 1. The lowest BCUT2D eigenvalue weighted by molar-refractivity contribution is 0.191. The van der Waals surface area contributed by atoms with Gasteiger partial charge in [-0.3, -0.25) is 0 Å². The van der Waals surface area contributed by atoms with Crippen LogP contribution in [0, 0.1) is 12.7 Å². The van der Waals surface area contributed by atoms with Gasteiger partial charge in [-0.1, -0.05) is 18.2 Å². The Morgan fingerprint density at radius 1 is 1.17 bits per heavy atom. The number of benzene rings is 1. The molecule has 30 heavy (non-hydrogen) atoms. The highest BCUT2D eigenvalue weighted by molar-refractivity contribution is 5.74. The molecule has 1 N–H and O–H groups in total. The molecule has 1 saturated heterocycles. The number of nitrogens with zero attached hydrogens (tertiary/aromatic N) is 4.